The highest BCUT2D eigenvalue weighted by atomic mass is 32.2. The van der Waals surface area contributed by atoms with Crippen molar-refractivity contribution < 1.29 is 23.4 Å². The molecule has 0 aromatic carbocycles. The monoisotopic (exact) mass is 223 g/mol. The van der Waals surface area contributed by atoms with E-state index in [4.69, 9.17) is 10.2 Å². The topological polar surface area (TPSA) is 94.9 Å². The molecule has 1 aliphatic rings. The van der Waals surface area contributed by atoms with Crippen LogP contribution in [0.1, 0.15) is 12.8 Å². The molecule has 0 saturated carbocycles. The van der Waals surface area contributed by atoms with Crippen molar-refractivity contribution in [1.29, 1.82) is 0 Å². The Hall–Kier alpha value is -0.660. The van der Waals surface area contributed by atoms with Crippen LogP contribution in [0.25, 0.3) is 0 Å². The van der Waals surface area contributed by atoms with E-state index in [2.05, 4.69) is 0 Å². The summed E-state index contributed by atoms with van der Waals surface area (Å²) in [6.07, 6.45) is -0.593. The standard InChI is InChI=1S/C7H13NO5S/c9-6-4-8(5-6)14(12,13)3-1-2-7(10)11/h6,9H,1-5H2,(H,10,11). The largest absolute Gasteiger partial charge is 0.481 e. The quantitative estimate of drug-likeness (QED) is 0.614. The molecule has 14 heavy (non-hydrogen) atoms. The number of hydrogen-bond donors (Lipinski definition) is 2. The van der Waals surface area contributed by atoms with Crippen molar-refractivity contribution in [2.45, 2.75) is 18.9 Å². The number of aliphatic hydroxyl groups is 1. The predicted molar refractivity (Wildman–Crippen MR) is 48.2 cm³/mol. The molecule has 2 N–H and O–H groups in total. The molecule has 0 aromatic heterocycles. The molecule has 1 saturated heterocycles. The van der Waals surface area contributed by atoms with Crippen LogP contribution in [0.15, 0.2) is 0 Å². The molecule has 0 aromatic rings. The lowest BCUT2D eigenvalue weighted by Gasteiger charge is -2.34. The van der Waals surface area contributed by atoms with Gasteiger partial charge >= 0.3 is 5.97 Å². The fourth-order valence-corrected chi connectivity index (χ4v) is 2.74. The first-order valence-corrected chi connectivity index (χ1v) is 5.90. The lowest BCUT2D eigenvalue weighted by atomic mass is 10.2. The fourth-order valence-electron chi connectivity index (χ4n) is 1.18. The Morgan fingerprint density at radius 3 is 2.43 bits per heavy atom. The number of rotatable bonds is 5. The molecular weight excluding hydrogens is 210 g/mol. The van der Waals surface area contributed by atoms with Gasteiger partial charge in [-0.05, 0) is 6.42 Å². The molecule has 1 aliphatic heterocycles. The second kappa shape index (κ2) is 4.24. The zero-order valence-electron chi connectivity index (χ0n) is 7.59. The Bertz CT molecular complexity index is 306. The molecule has 0 aliphatic carbocycles. The number of β-amino-alcohol motifs (C(OH)–C–C–N with tert-alkyl or cyclic N) is 1. The molecule has 7 heteroatoms. The maximum Gasteiger partial charge on any atom is 0.303 e. The molecule has 1 rings (SSSR count). The van der Waals surface area contributed by atoms with Crippen LogP contribution >= 0.6 is 0 Å². The van der Waals surface area contributed by atoms with E-state index in [0.717, 1.165) is 0 Å². The Labute approximate surface area is 82.2 Å². The van der Waals surface area contributed by atoms with E-state index < -0.39 is 22.1 Å². The molecule has 82 valence electrons. The minimum absolute atomic E-state index is 0.115. The van der Waals surface area contributed by atoms with Crippen molar-refractivity contribution in [3.8, 4) is 0 Å². The van der Waals surface area contributed by atoms with Gasteiger partial charge in [0.1, 0.15) is 0 Å². The van der Waals surface area contributed by atoms with Gasteiger partial charge in [0.15, 0.2) is 0 Å². The SMILES string of the molecule is O=C(O)CCCS(=O)(=O)N1CC(O)C1. The maximum absolute atomic E-state index is 11.4. The van der Waals surface area contributed by atoms with Crippen LogP contribution in [-0.4, -0.2) is 53.9 Å². The molecule has 0 atom stereocenters. The molecule has 0 radical (unpaired) electrons. The molecule has 0 spiro atoms. The van der Waals surface area contributed by atoms with Crippen LogP contribution in [-0.2, 0) is 14.8 Å². The highest BCUT2D eigenvalue weighted by Gasteiger charge is 2.33. The summed E-state index contributed by atoms with van der Waals surface area (Å²) in [4.78, 5) is 10.1. The summed E-state index contributed by atoms with van der Waals surface area (Å²) in [6, 6.07) is 0. The summed E-state index contributed by atoms with van der Waals surface area (Å²) in [5.41, 5.74) is 0. The van der Waals surface area contributed by atoms with Crippen LogP contribution in [0.3, 0.4) is 0 Å². The first-order chi connectivity index (χ1) is 6.42. The number of carbonyl (C=O) groups is 1. The average Bonchev–Trinajstić information content (AvgIpc) is 1.97. The molecule has 0 bridgehead atoms. The van der Waals surface area contributed by atoms with Crippen LogP contribution in [0.5, 0.6) is 0 Å². The van der Waals surface area contributed by atoms with Crippen molar-refractivity contribution in [2.75, 3.05) is 18.8 Å². The summed E-state index contributed by atoms with van der Waals surface area (Å²) in [6.45, 7) is 0.269. The van der Waals surface area contributed by atoms with E-state index in [-0.39, 0.29) is 31.7 Å². The summed E-state index contributed by atoms with van der Waals surface area (Å²) < 4.78 is 23.9. The molecule has 0 amide bonds. The molecule has 1 fully saturated rings. The highest BCUT2D eigenvalue weighted by molar-refractivity contribution is 7.89. The minimum Gasteiger partial charge on any atom is -0.481 e. The van der Waals surface area contributed by atoms with Gasteiger partial charge < -0.3 is 10.2 Å². The van der Waals surface area contributed by atoms with E-state index >= 15 is 0 Å². The number of aliphatic carboxylic acids is 1. The third kappa shape index (κ3) is 2.93. The second-order valence-electron chi connectivity index (χ2n) is 3.28. The van der Waals surface area contributed by atoms with Gasteiger partial charge in [0, 0.05) is 19.5 Å². The number of nitrogens with zero attached hydrogens (tertiary/aromatic N) is 1. The Morgan fingerprint density at radius 1 is 1.43 bits per heavy atom. The third-order valence-corrected chi connectivity index (χ3v) is 3.90. The van der Waals surface area contributed by atoms with Gasteiger partial charge in [-0.3, -0.25) is 4.79 Å². The Balaban J connectivity index is 2.32. The predicted octanol–water partition coefficient (Wildman–Crippen LogP) is -1.14. The smallest absolute Gasteiger partial charge is 0.303 e. The summed E-state index contributed by atoms with van der Waals surface area (Å²) in [5, 5.41) is 17.2. The van der Waals surface area contributed by atoms with Crippen LogP contribution < -0.4 is 0 Å². The van der Waals surface area contributed by atoms with Gasteiger partial charge in [0.2, 0.25) is 10.0 Å². The number of carboxylic acids is 1. The number of hydrogen-bond acceptors (Lipinski definition) is 4. The lowest BCUT2D eigenvalue weighted by molar-refractivity contribution is -0.137. The fraction of sp³-hybridized carbons (Fsp3) is 0.857. The molecule has 6 nitrogen and oxygen atoms in total. The third-order valence-electron chi connectivity index (χ3n) is 2.02. The molecular formula is C7H13NO5S. The van der Waals surface area contributed by atoms with E-state index in [1.54, 1.807) is 0 Å². The minimum atomic E-state index is -3.34. The van der Waals surface area contributed by atoms with Crippen LogP contribution in [0.4, 0.5) is 0 Å². The average molecular weight is 223 g/mol. The molecule has 1 heterocycles. The van der Waals surface area contributed by atoms with E-state index in [0.29, 0.717) is 0 Å². The first-order valence-electron chi connectivity index (χ1n) is 4.29. The Kier molecular flexibility index (Phi) is 3.46. The van der Waals surface area contributed by atoms with Crippen molar-refractivity contribution in [1.82, 2.24) is 4.31 Å². The van der Waals surface area contributed by atoms with Crippen molar-refractivity contribution in [2.24, 2.45) is 0 Å². The van der Waals surface area contributed by atoms with Crippen molar-refractivity contribution >= 4 is 16.0 Å². The van der Waals surface area contributed by atoms with Crippen molar-refractivity contribution in [3.63, 3.8) is 0 Å². The second-order valence-corrected chi connectivity index (χ2v) is 5.37. The van der Waals surface area contributed by atoms with Gasteiger partial charge in [-0.2, -0.15) is 4.31 Å². The summed E-state index contributed by atoms with van der Waals surface area (Å²) >= 11 is 0. The Morgan fingerprint density at radius 2 is 2.00 bits per heavy atom. The first kappa shape index (κ1) is 11.4. The zero-order chi connectivity index (χ0) is 10.8. The molecule has 0 unspecified atom stereocenters. The van der Waals surface area contributed by atoms with Gasteiger partial charge in [0.05, 0.1) is 11.9 Å². The summed E-state index contributed by atoms with van der Waals surface area (Å²) in [5.74, 6) is -1.16. The van der Waals surface area contributed by atoms with Crippen LogP contribution in [0, 0.1) is 0 Å². The zero-order valence-corrected chi connectivity index (χ0v) is 8.40. The number of sulfonamides is 1. The summed E-state index contributed by atoms with van der Waals surface area (Å²) in [7, 11) is -3.34. The number of aliphatic hydroxyl groups excluding tert-OH is 1. The normalized spacial score (nSPS) is 19.2. The van der Waals surface area contributed by atoms with E-state index in [1.807, 2.05) is 0 Å². The maximum atomic E-state index is 11.4. The van der Waals surface area contributed by atoms with Gasteiger partial charge in [0.25, 0.3) is 0 Å². The van der Waals surface area contributed by atoms with E-state index in [1.165, 1.54) is 4.31 Å². The highest BCUT2D eigenvalue weighted by Crippen LogP contribution is 2.14. The lowest BCUT2D eigenvalue weighted by Crippen LogP contribution is -2.54. The number of carboxylic acid groups (broad SMARTS) is 1. The van der Waals surface area contributed by atoms with Crippen molar-refractivity contribution in [3.05, 3.63) is 0 Å². The van der Waals surface area contributed by atoms with Gasteiger partial charge in [-0.25, -0.2) is 8.42 Å². The van der Waals surface area contributed by atoms with Gasteiger partial charge in [-0.15, -0.1) is 0 Å². The van der Waals surface area contributed by atoms with Gasteiger partial charge in [-0.1, -0.05) is 0 Å². The van der Waals surface area contributed by atoms with E-state index in [9.17, 15) is 13.2 Å². The van der Waals surface area contributed by atoms with Crippen LogP contribution in [0.2, 0.25) is 0 Å².